The van der Waals surface area contributed by atoms with Gasteiger partial charge in [0.05, 0.1) is 12.5 Å². The van der Waals surface area contributed by atoms with Crippen molar-refractivity contribution in [1.29, 1.82) is 0 Å². The lowest BCUT2D eigenvalue weighted by Crippen LogP contribution is -2.35. The van der Waals surface area contributed by atoms with Gasteiger partial charge >= 0.3 is 0 Å². The normalized spacial score (nSPS) is 14.7. The van der Waals surface area contributed by atoms with E-state index in [-0.39, 0.29) is 17.7 Å². The van der Waals surface area contributed by atoms with E-state index < -0.39 is 0 Å². The molecule has 1 atom stereocenters. The molecule has 2 aromatic rings. The number of primary amides is 1. The van der Waals surface area contributed by atoms with Gasteiger partial charge in [0, 0.05) is 18.5 Å². The van der Waals surface area contributed by atoms with Crippen molar-refractivity contribution >= 4 is 11.8 Å². The average Bonchev–Trinajstić information content (AvgIpc) is 2.87. The number of carbonyl (C=O) groups is 2. The highest BCUT2D eigenvalue weighted by Gasteiger charge is 2.25. The molecule has 136 valence electrons. The smallest absolute Gasteiger partial charge is 0.230 e. The van der Waals surface area contributed by atoms with E-state index in [1.54, 1.807) is 0 Å². The second-order valence-corrected chi connectivity index (χ2v) is 6.65. The number of ether oxygens (including phenoxy) is 1. The molecule has 5 heteroatoms. The molecule has 3 rings (SSSR count). The highest BCUT2D eigenvalue weighted by atomic mass is 16.5. The van der Waals surface area contributed by atoms with Crippen molar-refractivity contribution in [3.63, 3.8) is 0 Å². The Morgan fingerprint density at radius 1 is 1.19 bits per heavy atom. The summed E-state index contributed by atoms with van der Waals surface area (Å²) < 4.78 is 5.81. The minimum absolute atomic E-state index is 0.0928. The van der Waals surface area contributed by atoms with Crippen LogP contribution in [0.1, 0.15) is 36.0 Å². The van der Waals surface area contributed by atoms with E-state index in [9.17, 15) is 9.59 Å². The van der Waals surface area contributed by atoms with Gasteiger partial charge in [-0.3, -0.25) is 9.59 Å². The first-order valence-electron chi connectivity index (χ1n) is 8.91. The van der Waals surface area contributed by atoms with Crippen LogP contribution in [0.15, 0.2) is 48.5 Å². The molecule has 5 nitrogen and oxygen atoms in total. The number of rotatable bonds is 5. The van der Waals surface area contributed by atoms with Gasteiger partial charge in [0.1, 0.15) is 12.4 Å². The summed E-state index contributed by atoms with van der Waals surface area (Å²) in [5, 5.41) is 0. The molecule has 1 heterocycles. The van der Waals surface area contributed by atoms with Crippen LogP contribution in [0.3, 0.4) is 0 Å². The predicted octanol–water partition coefficient (Wildman–Crippen LogP) is 2.63. The molecule has 0 fully saturated rings. The van der Waals surface area contributed by atoms with Crippen molar-refractivity contribution in [2.24, 2.45) is 5.73 Å². The Morgan fingerprint density at radius 2 is 1.96 bits per heavy atom. The lowest BCUT2D eigenvalue weighted by atomic mass is 9.99. The van der Waals surface area contributed by atoms with E-state index in [0.29, 0.717) is 32.5 Å². The number of hydrogen-bond acceptors (Lipinski definition) is 3. The largest absolute Gasteiger partial charge is 0.491 e. The molecule has 2 N–H and O–H groups in total. The van der Waals surface area contributed by atoms with Gasteiger partial charge in [-0.1, -0.05) is 42.5 Å². The highest BCUT2D eigenvalue weighted by molar-refractivity contribution is 5.83. The maximum Gasteiger partial charge on any atom is 0.230 e. The third-order valence-electron chi connectivity index (χ3n) is 4.75. The first-order chi connectivity index (χ1) is 12.5. The Balaban J connectivity index is 1.76. The van der Waals surface area contributed by atoms with Crippen molar-refractivity contribution in [1.82, 2.24) is 4.90 Å². The Kier molecular flexibility index (Phi) is 5.56. The van der Waals surface area contributed by atoms with Gasteiger partial charge in [-0.15, -0.1) is 0 Å². The molecular formula is C21H24N2O3. The Morgan fingerprint density at radius 3 is 2.69 bits per heavy atom. The van der Waals surface area contributed by atoms with Gasteiger partial charge in [-0.05, 0) is 30.5 Å². The van der Waals surface area contributed by atoms with Crippen LogP contribution in [0.4, 0.5) is 0 Å². The van der Waals surface area contributed by atoms with Crippen molar-refractivity contribution in [3.05, 3.63) is 65.2 Å². The fourth-order valence-electron chi connectivity index (χ4n) is 3.22. The number of fused-ring (bicyclic) bond motifs is 1. The molecule has 2 aromatic carbocycles. The predicted molar refractivity (Wildman–Crippen MR) is 99.7 cm³/mol. The van der Waals surface area contributed by atoms with Crippen LogP contribution in [-0.4, -0.2) is 29.9 Å². The third-order valence-corrected chi connectivity index (χ3v) is 4.75. The number of amides is 2. The number of hydrogen-bond donors (Lipinski definition) is 1. The zero-order chi connectivity index (χ0) is 18.5. The zero-order valence-electron chi connectivity index (χ0n) is 15.0. The second kappa shape index (κ2) is 8.04. The van der Waals surface area contributed by atoms with Crippen LogP contribution >= 0.6 is 0 Å². The lowest BCUT2D eigenvalue weighted by molar-refractivity contribution is -0.133. The fraction of sp³-hybridized carbons (Fsp3) is 0.333. The van der Waals surface area contributed by atoms with Crippen molar-refractivity contribution in [3.8, 4) is 5.75 Å². The number of aryl methyl sites for hydroxylation is 1. The Hall–Kier alpha value is -2.82. The van der Waals surface area contributed by atoms with E-state index in [2.05, 4.69) is 0 Å². The van der Waals surface area contributed by atoms with Crippen molar-refractivity contribution in [2.45, 2.75) is 32.2 Å². The molecule has 1 aliphatic heterocycles. The van der Waals surface area contributed by atoms with Gasteiger partial charge in [0.15, 0.2) is 0 Å². The molecule has 1 aliphatic rings. The second-order valence-electron chi connectivity index (χ2n) is 6.65. The summed E-state index contributed by atoms with van der Waals surface area (Å²) in [5.74, 6) is 0.381. The summed E-state index contributed by atoms with van der Waals surface area (Å²) in [4.78, 5) is 25.8. The minimum Gasteiger partial charge on any atom is -0.491 e. The maximum atomic E-state index is 13.0. The standard InChI is InChI=1S/C21H24N2O3/c1-15(17-5-3-2-4-6-17)21(25)23-11-12-26-19-9-7-16(8-10-20(22)24)13-18(19)14-23/h2-7,9,13,15H,8,10-12,14H2,1H3,(H2,22,24). The molecule has 26 heavy (non-hydrogen) atoms. The van der Waals surface area contributed by atoms with Crippen LogP contribution in [0.5, 0.6) is 5.75 Å². The van der Waals surface area contributed by atoms with Crippen molar-refractivity contribution in [2.75, 3.05) is 13.2 Å². The van der Waals surface area contributed by atoms with Gasteiger partial charge in [0.25, 0.3) is 0 Å². The summed E-state index contributed by atoms with van der Waals surface area (Å²) in [6.45, 7) is 3.48. The molecule has 2 amide bonds. The van der Waals surface area contributed by atoms with Crippen LogP contribution in [0.25, 0.3) is 0 Å². The lowest BCUT2D eigenvalue weighted by Gasteiger charge is -2.24. The van der Waals surface area contributed by atoms with Crippen LogP contribution in [0, 0.1) is 0 Å². The summed E-state index contributed by atoms with van der Waals surface area (Å²) in [5.41, 5.74) is 8.24. The molecule has 0 spiro atoms. The molecule has 1 unspecified atom stereocenters. The number of nitrogens with two attached hydrogens (primary N) is 1. The van der Waals surface area contributed by atoms with Gasteiger partial charge < -0.3 is 15.4 Å². The first kappa shape index (κ1) is 18.0. The third kappa shape index (κ3) is 4.23. The van der Waals surface area contributed by atoms with Gasteiger partial charge in [-0.25, -0.2) is 0 Å². The van der Waals surface area contributed by atoms with Crippen molar-refractivity contribution < 1.29 is 14.3 Å². The number of nitrogens with zero attached hydrogens (tertiary/aromatic N) is 1. The minimum atomic E-state index is -0.315. The molecule has 0 saturated carbocycles. The Labute approximate surface area is 153 Å². The first-order valence-corrected chi connectivity index (χ1v) is 8.91. The quantitative estimate of drug-likeness (QED) is 0.899. The summed E-state index contributed by atoms with van der Waals surface area (Å²) >= 11 is 0. The number of carbonyl (C=O) groups excluding carboxylic acids is 2. The average molecular weight is 352 g/mol. The van der Waals surface area contributed by atoms with E-state index in [1.807, 2.05) is 60.4 Å². The molecule has 0 bridgehead atoms. The van der Waals surface area contributed by atoms with E-state index >= 15 is 0 Å². The van der Waals surface area contributed by atoms with E-state index in [1.165, 1.54) is 0 Å². The summed E-state index contributed by atoms with van der Waals surface area (Å²) in [6, 6.07) is 15.7. The summed E-state index contributed by atoms with van der Waals surface area (Å²) in [6.07, 6.45) is 0.907. The molecule has 0 radical (unpaired) electrons. The maximum absolute atomic E-state index is 13.0. The topological polar surface area (TPSA) is 72.6 Å². The van der Waals surface area contributed by atoms with Crippen LogP contribution < -0.4 is 10.5 Å². The Bertz CT molecular complexity index is 789. The highest BCUT2D eigenvalue weighted by Crippen LogP contribution is 2.27. The van der Waals surface area contributed by atoms with E-state index in [0.717, 1.165) is 22.4 Å². The molecule has 0 aliphatic carbocycles. The van der Waals surface area contributed by atoms with Gasteiger partial charge in [0.2, 0.25) is 11.8 Å². The monoisotopic (exact) mass is 352 g/mol. The molecule has 0 aromatic heterocycles. The van der Waals surface area contributed by atoms with Crippen LogP contribution in [-0.2, 0) is 22.6 Å². The zero-order valence-corrected chi connectivity index (χ0v) is 15.0. The summed E-state index contributed by atoms with van der Waals surface area (Å²) in [7, 11) is 0. The molecular weight excluding hydrogens is 328 g/mol. The van der Waals surface area contributed by atoms with E-state index in [4.69, 9.17) is 10.5 Å². The van der Waals surface area contributed by atoms with Gasteiger partial charge in [-0.2, -0.15) is 0 Å². The fourth-order valence-corrected chi connectivity index (χ4v) is 3.22. The number of benzene rings is 2. The molecule has 0 saturated heterocycles. The van der Waals surface area contributed by atoms with Crippen LogP contribution in [0.2, 0.25) is 0 Å². The SMILES string of the molecule is CC(C(=O)N1CCOc2ccc(CCC(N)=O)cc2C1)c1ccccc1.